The maximum absolute atomic E-state index is 12.6. The first-order valence-corrected chi connectivity index (χ1v) is 4.68. The van der Waals surface area contributed by atoms with Crippen LogP contribution in [0.5, 0.6) is 11.5 Å². The van der Waals surface area contributed by atoms with Gasteiger partial charge >= 0.3 is 0 Å². The highest BCUT2D eigenvalue weighted by molar-refractivity contribution is 5.36. The van der Waals surface area contributed by atoms with E-state index in [4.69, 9.17) is 4.74 Å². The van der Waals surface area contributed by atoms with Crippen LogP contribution in [-0.2, 0) is 6.67 Å². The molecule has 0 aliphatic carbocycles. The van der Waals surface area contributed by atoms with Gasteiger partial charge in [-0.05, 0) is 24.3 Å². The van der Waals surface area contributed by atoms with Gasteiger partial charge in [-0.15, -0.1) is 0 Å². The van der Waals surface area contributed by atoms with Gasteiger partial charge in [-0.3, -0.25) is 0 Å². The van der Waals surface area contributed by atoms with Crippen molar-refractivity contribution in [2.24, 2.45) is 0 Å². The lowest BCUT2D eigenvalue weighted by Gasteiger charge is -2.08. The largest absolute Gasteiger partial charge is 0.457 e. The van der Waals surface area contributed by atoms with Gasteiger partial charge in [0, 0.05) is 5.56 Å². The summed E-state index contributed by atoms with van der Waals surface area (Å²) in [5.74, 6) is 1.22. The molecule has 75 valence electrons. The number of ether oxygens (including phenoxy) is 1. The summed E-state index contributed by atoms with van der Waals surface area (Å²) in [5, 5.41) is 0. The van der Waals surface area contributed by atoms with Crippen molar-refractivity contribution in [2.45, 2.75) is 6.67 Å². The Kier molecular flexibility index (Phi) is 2.98. The lowest BCUT2D eigenvalue weighted by Crippen LogP contribution is -1.88. The van der Waals surface area contributed by atoms with Gasteiger partial charge in [0.25, 0.3) is 0 Å². The molecule has 2 aromatic rings. The summed E-state index contributed by atoms with van der Waals surface area (Å²) in [7, 11) is 0. The van der Waals surface area contributed by atoms with Gasteiger partial charge in [0.05, 0.1) is 0 Å². The van der Waals surface area contributed by atoms with Crippen LogP contribution in [0.25, 0.3) is 0 Å². The number of para-hydroxylation sites is 1. The minimum absolute atomic E-state index is 0.520. The van der Waals surface area contributed by atoms with Crippen molar-refractivity contribution in [1.82, 2.24) is 0 Å². The van der Waals surface area contributed by atoms with E-state index in [1.807, 2.05) is 30.3 Å². The topological polar surface area (TPSA) is 9.23 Å². The highest BCUT2D eigenvalue weighted by Crippen LogP contribution is 2.25. The Morgan fingerprint density at radius 2 is 1.93 bits per heavy atom. The van der Waals surface area contributed by atoms with Crippen molar-refractivity contribution in [3.05, 3.63) is 60.2 Å². The lowest BCUT2D eigenvalue weighted by atomic mass is 10.2. The molecular weight excluding hydrogens is 191 g/mol. The minimum atomic E-state index is -0.531. The molecule has 0 aliphatic rings. The Labute approximate surface area is 88.1 Å². The predicted molar refractivity (Wildman–Crippen MR) is 56.6 cm³/mol. The van der Waals surface area contributed by atoms with Crippen LogP contribution in [0.2, 0.25) is 0 Å². The SMILES string of the molecule is FCc1cc[c]cc1Oc1ccccc1. The normalized spacial score (nSPS) is 9.93. The van der Waals surface area contributed by atoms with Crippen molar-refractivity contribution in [2.75, 3.05) is 0 Å². The molecule has 0 aromatic heterocycles. The molecular formula is C13H10FO. The molecule has 0 N–H and O–H groups in total. The minimum Gasteiger partial charge on any atom is -0.457 e. The molecule has 15 heavy (non-hydrogen) atoms. The summed E-state index contributed by atoms with van der Waals surface area (Å²) in [4.78, 5) is 0. The highest BCUT2D eigenvalue weighted by atomic mass is 19.1. The van der Waals surface area contributed by atoms with Crippen LogP contribution in [0.3, 0.4) is 0 Å². The second-order valence-electron chi connectivity index (χ2n) is 3.08. The molecule has 0 saturated heterocycles. The molecule has 0 heterocycles. The zero-order chi connectivity index (χ0) is 10.5. The van der Waals surface area contributed by atoms with E-state index in [1.54, 1.807) is 18.2 Å². The monoisotopic (exact) mass is 201 g/mol. The van der Waals surface area contributed by atoms with Gasteiger partial charge in [-0.2, -0.15) is 0 Å². The average molecular weight is 201 g/mol. The zero-order valence-corrected chi connectivity index (χ0v) is 8.11. The van der Waals surface area contributed by atoms with E-state index < -0.39 is 6.67 Å². The first-order chi connectivity index (χ1) is 7.40. The number of hydrogen-bond donors (Lipinski definition) is 0. The molecule has 0 atom stereocenters. The van der Waals surface area contributed by atoms with Gasteiger partial charge in [-0.1, -0.05) is 30.3 Å². The lowest BCUT2D eigenvalue weighted by molar-refractivity contribution is 0.439. The van der Waals surface area contributed by atoms with E-state index in [9.17, 15) is 4.39 Å². The Morgan fingerprint density at radius 3 is 2.67 bits per heavy atom. The van der Waals surface area contributed by atoms with Gasteiger partial charge in [0.15, 0.2) is 0 Å². The van der Waals surface area contributed by atoms with Gasteiger partial charge in [0.2, 0.25) is 0 Å². The van der Waals surface area contributed by atoms with E-state index in [0.29, 0.717) is 17.1 Å². The van der Waals surface area contributed by atoms with E-state index >= 15 is 0 Å². The molecule has 2 heteroatoms. The van der Waals surface area contributed by atoms with Crippen LogP contribution >= 0.6 is 0 Å². The summed E-state index contributed by atoms with van der Waals surface area (Å²) < 4.78 is 18.1. The number of halogens is 1. The van der Waals surface area contributed by atoms with E-state index in [2.05, 4.69) is 6.07 Å². The van der Waals surface area contributed by atoms with Gasteiger partial charge in [0.1, 0.15) is 18.2 Å². The number of rotatable bonds is 3. The van der Waals surface area contributed by atoms with Crippen molar-refractivity contribution in [3.8, 4) is 11.5 Å². The number of alkyl halides is 1. The Bertz CT molecular complexity index is 426. The standard InChI is InChI=1S/C13H10FO/c14-10-11-6-4-5-9-13(11)15-12-7-2-1-3-8-12/h1-4,6-9H,10H2. The molecule has 0 bridgehead atoms. The molecule has 1 radical (unpaired) electrons. The molecule has 0 amide bonds. The molecule has 2 aromatic carbocycles. The van der Waals surface area contributed by atoms with E-state index in [0.717, 1.165) is 0 Å². The number of hydrogen-bond acceptors (Lipinski definition) is 1. The van der Waals surface area contributed by atoms with Crippen LogP contribution in [-0.4, -0.2) is 0 Å². The Balaban J connectivity index is 2.24. The summed E-state index contributed by atoms with van der Waals surface area (Å²) in [6.07, 6.45) is 0. The van der Waals surface area contributed by atoms with Crippen LogP contribution in [0.15, 0.2) is 48.5 Å². The molecule has 0 spiro atoms. The first-order valence-electron chi connectivity index (χ1n) is 4.68. The summed E-state index contributed by atoms with van der Waals surface area (Å²) in [6.45, 7) is -0.531. The molecule has 0 aliphatic heterocycles. The van der Waals surface area contributed by atoms with Gasteiger partial charge in [-0.25, -0.2) is 4.39 Å². The number of benzene rings is 2. The van der Waals surface area contributed by atoms with Crippen LogP contribution in [0.4, 0.5) is 4.39 Å². The third-order valence-corrected chi connectivity index (χ3v) is 2.03. The molecule has 0 fully saturated rings. The second kappa shape index (κ2) is 4.60. The molecule has 0 unspecified atom stereocenters. The third kappa shape index (κ3) is 2.34. The maximum atomic E-state index is 12.6. The fourth-order valence-corrected chi connectivity index (χ4v) is 1.27. The smallest absolute Gasteiger partial charge is 0.133 e. The van der Waals surface area contributed by atoms with Crippen LogP contribution in [0, 0.1) is 6.07 Å². The highest BCUT2D eigenvalue weighted by Gasteiger charge is 2.02. The van der Waals surface area contributed by atoms with Crippen molar-refractivity contribution < 1.29 is 9.13 Å². The maximum Gasteiger partial charge on any atom is 0.133 e. The summed E-state index contributed by atoms with van der Waals surface area (Å²) in [6, 6.07) is 17.1. The predicted octanol–water partition coefficient (Wildman–Crippen LogP) is 3.75. The molecule has 0 saturated carbocycles. The van der Waals surface area contributed by atoms with E-state index in [-0.39, 0.29) is 0 Å². The van der Waals surface area contributed by atoms with Crippen LogP contribution in [0.1, 0.15) is 5.56 Å². The van der Waals surface area contributed by atoms with Crippen molar-refractivity contribution >= 4 is 0 Å². The third-order valence-electron chi connectivity index (χ3n) is 2.03. The van der Waals surface area contributed by atoms with Crippen molar-refractivity contribution in [1.29, 1.82) is 0 Å². The fourth-order valence-electron chi connectivity index (χ4n) is 1.27. The fraction of sp³-hybridized carbons (Fsp3) is 0.0769. The van der Waals surface area contributed by atoms with Gasteiger partial charge < -0.3 is 4.74 Å². The summed E-state index contributed by atoms with van der Waals surface area (Å²) >= 11 is 0. The molecule has 1 nitrogen and oxygen atoms in total. The average Bonchev–Trinajstić information content (AvgIpc) is 2.31. The van der Waals surface area contributed by atoms with Crippen molar-refractivity contribution in [3.63, 3.8) is 0 Å². The zero-order valence-electron chi connectivity index (χ0n) is 8.11. The Hall–Kier alpha value is -1.83. The Morgan fingerprint density at radius 1 is 1.13 bits per heavy atom. The first kappa shape index (κ1) is 9.71. The van der Waals surface area contributed by atoms with E-state index in [1.165, 1.54) is 0 Å². The second-order valence-corrected chi connectivity index (χ2v) is 3.08. The summed E-state index contributed by atoms with van der Waals surface area (Å²) in [5.41, 5.74) is 0.539. The quantitative estimate of drug-likeness (QED) is 0.734. The molecule has 2 rings (SSSR count). The van der Waals surface area contributed by atoms with Crippen LogP contribution < -0.4 is 4.74 Å².